The van der Waals surface area contributed by atoms with E-state index >= 15 is 0 Å². The van der Waals surface area contributed by atoms with Crippen molar-refractivity contribution in [2.24, 2.45) is 0 Å². The van der Waals surface area contributed by atoms with E-state index in [2.05, 4.69) is 5.10 Å². The van der Waals surface area contributed by atoms with Crippen LogP contribution in [0.2, 0.25) is 0 Å². The number of alkyl halides is 3. The maximum Gasteiger partial charge on any atom is 0.416 e. The number of aromatic nitrogens is 2. The van der Waals surface area contributed by atoms with E-state index in [-0.39, 0.29) is 6.23 Å². The molecular formula is C16H15F3N2O2. The SMILES string of the molecule is O=Cc1cc(-c2cccc(C(F)(F)F)c2)nn1C1CCCCO1. The molecule has 1 atom stereocenters. The quantitative estimate of drug-likeness (QED) is 0.799. The normalized spacial score (nSPS) is 18.8. The highest BCUT2D eigenvalue weighted by molar-refractivity contribution is 5.76. The van der Waals surface area contributed by atoms with E-state index in [1.54, 1.807) is 0 Å². The molecule has 0 saturated carbocycles. The molecule has 2 heterocycles. The molecule has 1 aromatic carbocycles. The van der Waals surface area contributed by atoms with Gasteiger partial charge in [0.2, 0.25) is 0 Å². The highest BCUT2D eigenvalue weighted by atomic mass is 19.4. The number of carbonyl (C=O) groups is 1. The van der Waals surface area contributed by atoms with Gasteiger partial charge in [-0.2, -0.15) is 18.3 Å². The van der Waals surface area contributed by atoms with Crippen LogP contribution in [0.4, 0.5) is 13.2 Å². The Balaban J connectivity index is 1.97. The minimum atomic E-state index is -4.42. The number of hydrogen-bond donors (Lipinski definition) is 0. The molecule has 0 bridgehead atoms. The van der Waals surface area contributed by atoms with Crippen LogP contribution in [0.15, 0.2) is 30.3 Å². The molecular weight excluding hydrogens is 309 g/mol. The van der Waals surface area contributed by atoms with Crippen LogP contribution in [0.1, 0.15) is 41.5 Å². The number of carbonyl (C=O) groups excluding carboxylic acids is 1. The van der Waals surface area contributed by atoms with E-state index in [4.69, 9.17) is 4.74 Å². The van der Waals surface area contributed by atoms with Crippen LogP contribution >= 0.6 is 0 Å². The monoisotopic (exact) mass is 324 g/mol. The van der Waals surface area contributed by atoms with Crippen molar-refractivity contribution in [1.82, 2.24) is 9.78 Å². The van der Waals surface area contributed by atoms with E-state index in [1.165, 1.54) is 22.9 Å². The average molecular weight is 324 g/mol. The lowest BCUT2D eigenvalue weighted by Crippen LogP contribution is -2.20. The van der Waals surface area contributed by atoms with Gasteiger partial charge in [-0.05, 0) is 37.5 Å². The fraction of sp³-hybridized carbons (Fsp3) is 0.375. The third-order valence-electron chi connectivity index (χ3n) is 3.80. The van der Waals surface area contributed by atoms with Crippen LogP contribution in [0.5, 0.6) is 0 Å². The molecule has 3 rings (SSSR count). The first kappa shape index (κ1) is 15.7. The number of rotatable bonds is 3. The van der Waals surface area contributed by atoms with Gasteiger partial charge >= 0.3 is 6.18 Å². The Hall–Kier alpha value is -2.15. The van der Waals surface area contributed by atoms with Crippen LogP contribution in [0, 0.1) is 0 Å². The molecule has 7 heteroatoms. The van der Waals surface area contributed by atoms with E-state index in [9.17, 15) is 18.0 Å². The lowest BCUT2D eigenvalue weighted by Gasteiger charge is -2.23. The van der Waals surface area contributed by atoms with Crippen LogP contribution in [0.25, 0.3) is 11.3 Å². The second kappa shape index (κ2) is 6.16. The lowest BCUT2D eigenvalue weighted by molar-refractivity contribution is -0.137. The fourth-order valence-corrected chi connectivity index (χ4v) is 2.64. The summed E-state index contributed by atoms with van der Waals surface area (Å²) >= 11 is 0. The number of nitrogens with zero attached hydrogens (tertiary/aromatic N) is 2. The van der Waals surface area contributed by atoms with Gasteiger partial charge in [0, 0.05) is 12.2 Å². The van der Waals surface area contributed by atoms with Gasteiger partial charge in [-0.3, -0.25) is 4.79 Å². The van der Waals surface area contributed by atoms with Crippen LogP contribution in [-0.2, 0) is 10.9 Å². The molecule has 0 aliphatic carbocycles. The predicted octanol–water partition coefficient (Wildman–Crippen LogP) is 4.08. The smallest absolute Gasteiger partial charge is 0.356 e. The molecule has 0 N–H and O–H groups in total. The van der Waals surface area contributed by atoms with Gasteiger partial charge < -0.3 is 4.74 Å². The zero-order valence-electron chi connectivity index (χ0n) is 12.2. The van der Waals surface area contributed by atoms with Gasteiger partial charge in [-0.25, -0.2) is 4.68 Å². The molecule has 1 aliphatic rings. The topological polar surface area (TPSA) is 44.1 Å². The Morgan fingerprint density at radius 2 is 2.09 bits per heavy atom. The minimum Gasteiger partial charge on any atom is -0.356 e. The Kier molecular flexibility index (Phi) is 4.21. The van der Waals surface area contributed by atoms with Crippen molar-refractivity contribution in [2.45, 2.75) is 31.7 Å². The Morgan fingerprint density at radius 3 is 2.74 bits per heavy atom. The summed E-state index contributed by atoms with van der Waals surface area (Å²) in [6.45, 7) is 0.585. The van der Waals surface area contributed by atoms with Crippen molar-refractivity contribution in [3.05, 3.63) is 41.6 Å². The second-order valence-electron chi connectivity index (χ2n) is 5.42. The molecule has 1 aromatic heterocycles. The summed E-state index contributed by atoms with van der Waals surface area (Å²) in [6, 6.07) is 6.39. The van der Waals surface area contributed by atoms with E-state index in [0.29, 0.717) is 29.8 Å². The first-order chi connectivity index (χ1) is 11.0. The van der Waals surface area contributed by atoms with Gasteiger partial charge in [0.1, 0.15) is 5.69 Å². The van der Waals surface area contributed by atoms with Crippen molar-refractivity contribution < 1.29 is 22.7 Å². The summed E-state index contributed by atoms with van der Waals surface area (Å²) in [4.78, 5) is 11.2. The van der Waals surface area contributed by atoms with Crippen LogP contribution in [0.3, 0.4) is 0 Å². The van der Waals surface area contributed by atoms with Gasteiger partial charge in [0.25, 0.3) is 0 Å². The maximum atomic E-state index is 12.8. The molecule has 23 heavy (non-hydrogen) atoms. The first-order valence-electron chi connectivity index (χ1n) is 7.33. The maximum absolute atomic E-state index is 12.8. The molecule has 4 nitrogen and oxygen atoms in total. The standard InChI is InChI=1S/C16H15F3N2O2/c17-16(18,19)12-5-3-4-11(8-12)14-9-13(10-22)21(20-14)15-6-1-2-7-23-15/h3-5,8-10,15H,1-2,6-7H2. The summed E-state index contributed by atoms with van der Waals surface area (Å²) in [6.07, 6.45) is -1.48. The van der Waals surface area contributed by atoms with Crippen molar-refractivity contribution in [1.29, 1.82) is 0 Å². The second-order valence-corrected chi connectivity index (χ2v) is 5.42. The summed E-state index contributed by atoms with van der Waals surface area (Å²) in [5.41, 5.74) is 0.195. The number of aldehydes is 1. The Bertz CT molecular complexity index is 704. The third kappa shape index (κ3) is 3.29. The molecule has 0 amide bonds. The summed E-state index contributed by atoms with van der Waals surface area (Å²) in [5, 5.41) is 4.29. The van der Waals surface area contributed by atoms with Gasteiger partial charge in [-0.15, -0.1) is 0 Å². The Morgan fingerprint density at radius 1 is 1.26 bits per heavy atom. The average Bonchev–Trinajstić information content (AvgIpc) is 2.99. The molecule has 1 unspecified atom stereocenters. The highest BCUT2D eigenvalue weighted by Crippen LogP contribution is 2.32. The summed E-state index contributed by atoms with van der Waals surface area (Å²) < 4.78 is 45.5. The van der Waals surface area contributed by atoms with Crippen molar-refractivity contribution in [3.8, 4) is 11.3 Å². The molecule has 1 saturated heterocycles. The minimum absolute atomic E-state index is 0.296. The molecule has 2 aromatic rings. The lowest BCUT2D eigenvalue weighted by atomic mass is 10.1. The zero-order valence-corrected chi connectivity index (χ0v) is 12.2. The van der Waals surface area contributed by atoms with Gasteiger partial charge in [-0.1, -0.05) is 12.1 Å². The number of ether oxygens (including phenoxy) is 1. The van der Waals surface area contributed by atoms with Crippen molar-refractivity contribution >= 4 is 6.29 Å². The van der Waals surface area contributed by atoms with E-state index in [1.807, 2.05) is 0 Å². The fourth-order valence-electron chi connectivity index (χ4n) is 2.64. The number of halogens is 3. The van der Waals surface area contributed by atoms with Crippen molar-refractivity contribution in [2.75, 3.05) is 6.61 Å². The molecule has 0 radical (unpaired) electrons. The van der Waals surface area contributed by atoms with Crippen LogP contribution < -0.4 is 0 Å². The third-order valence-corrected chi connectivity index (χ3v) is 3.80. The number of benzene rings is 1. The molecule has 1 fully saturated rings. The van der Waals surface area contributed by atoms with Gasteiger partial charge in [0.15, 0.2) is 12.5 Å². The largest absolute Gasteiger partial charge is 0.416 e. The van der Waals surface area contributed by atoms with E-state index in [0.717, 1.165) is 31.4 Å². The van der Waals surface area contributed by atoms with Crippen molar-refractivity contribution in [3.63, 3.8) is 0 Å². The number of hydrogen-bond acceptors (Lipinski definition) is 3. The molecule has 122 valence electrons. The highest BCUT2D eigenvalue weighted by Gasteiger charge is 2.30. The van der Waals surface area contributed by atoms with E-state index < -0.39 is 11.7 Å². The summed E-state index contributed by atoms with van der Waals surface area (Å²) in [7, 11) is 0. The zero-order chi connectivity index (χ0) is 16.4. The molecule has 0 spiro atoms. The first-order valence-corrected chi connectivity index (χ1v) is 7.33. The van der Waals surface area contributed by atoms with Crippen LogP contribution in [-0.4, -0.2) is 22.7 Å². The Labute approximate surface area is 130 Å². The van der Waals surface area contributed by atoms with Gasteiger partial charge in [0.05, 0.1) is 11.3 Å². The summed E-state index contributed by atoms with van der Waals surface area (Å²) in [5.74, 6) is 0. The molecule has 1 aliphatic heterocycles. The predicted molar refractivity (Wildman–Crippen MR) is 76.9 cm³/mol.